The van der Waals surface area contributed by atoms with Gasteiger partial charge in [0.15, 0.2) is 0 Å². The molecule has 0 saturated carbocycles. The Morgan fingerprint density at radius 3 is 2.83 bits per heavy atom. The summed E-state index contributed by atoms with van der Waals surface area (Å²) in [6.45, 7) is 0.694. The Morgan fingerprint density at radius 1 is 1.50 bits per heavy atom. The quantitative estimate of drug-likeness (QED) is 0.670. The third kappa shape index (κ3) is 2.35. The van der Waals surface area contributed by atoms with Crippen molar-refractivity contribution in [1.29, 1.82) is 0 Å². The van der Waals surface area contributed by atoms with Crippen LogP contribution in [0, 0.1) is 0 Å². The molecule has 1 aromatic rings. The molecule has 7 nitrogen and oxygen atoms in total. The molecule has 1 N–H and O–H groups in total. The largest absolute Gasteiger partial charge is 0.391 e. The number of carbonyl (C=O) groups is 1. The molecule has 0 aliphatic carbocycles. The number of carbonyl (C=O) groups excluding carboxylic acids is 1. The van der Waals surface area contributed by atoms with Crippen LogP contribution in [0.25, 0.3) is 0 Å². The van der Waals surface area contributed by atoms with Crippen LogP contribution in [-0.2, 0) is 18.4 Å². The lowest BCUT2D eigenvalue weighted by Crippen LogP contribution is -2.41. The van der Waals surface area contributed by atoms with Crippen LogP contribution in [0.5, 0.6) is 0 Å². The van der Waals surface area contributed by atoms with E-state index in [0.29, 0.717) is 19.5 Å². The van der Waals surface area contributed by atoms with Crippen molar-refractivity contribution in [2.45, 2.75) is 19.1 Å². The monoisotopic (exact) mass is 253 g/mol. The molecule has 0 bridgehead atoms. The first-order valence-electron chi connectivity index (χ1n) is 5.71. The summed E-state index contributed by atoms with van der Waals surface area (Å²) in [6.07, 6.45) is 1.40. The van der Waals surface area contributed by atoms with E-state index in [0.717, 1.165) is 4.57 Å². The Hall–Kier alpha value is -1.89. The van der Waals surface area contributed by atoms with Crippen LogP contribution < -0.4 is 11.2 Å². The molecular weight excluding hydrogens is 238 g/mol. The molecule has 98 valence electrons. The molecule has 1 saturated heterocycles. The lowest BCUT2D eigenvalue weighted by atomic mass is 10.3. The Morgan fingerprint density at radius 2 is 2.22 bits per heavy atom. The smallest absolute Gasteiger partial charge is 0.331 e. The molecule has 1 fully saturated rings. The maximum atomic E-state index is 11.9. The van der Waals surface area contributed by atoms with Crippen molar-refractivity contribution < 1.29 is 9.90 Å². The van der Waals surface area contributed by atoms with Crippen LogP contribution in [0.2, 0.25) is 0 Å². The highest BCUT2D eigenvalue weighted by Gasteiger charge is 2.24. The van der Waals surface area contributed by atoms with Crippen molar-refractivity contribution in [2.75, 3.05) is 13.1 Å². The molecule has 2 rings (SSSR count). The summed E-state index contributed by atoms with van der Waals surface area (Å²) in [7, 11) is 1.37. The van der Waals surface area contributed by atoms with Crippen LogP contribution in [-0.4, -0.2) is 44.2 Å². The standard InChI is InChI=1S/C11H15N3O4/c1-12-9(16)3-5-14(11(12)18)7-10(17)13-4-2-8(15)6-13/h3,5,8,15H,2,4,6-7H2,1H3. The zero-order valence-corrected chi connectivity index (χ0v) is 10.1. The summed E-state index contributed by atoms with van der Waals surface area (Å²) >= 11 is 0. The van der Waals surface area contributed by atoms with Crippen LogP contribution in [0.3, 0.4) is 0 Å². The van der Waals surface area contributed by atoms with Gasteiger partial charge in [0.25, 0.3) is 5.56 Å². The van der Waals surface area contributed by atoms with E-state index in [1.807, 2.05) is 0 Å². The molecule has 0 spiro atoms. The van der Waals surface area contributed by atoms with E-state index in [-0.39, 0.29) is 12.5 Å². The maximum Gasteiger partial charge on any atom is 0.331 e. The first-order chi connectivity index (χ1) is 8.49. The minimum atomic E-state index is -0.518. The number of aliphatic hydroxyl groups is 1. The maximum absolute atomic E-state index is 11.9. The molecular formula is C11H15N3O4. The van der Waals surface area contributed by atoms with Gasteiger partial charge in [0.05, 0.1) is 6.10 Å². The third-order valence-electron chi connectivity index (χ3n) is 3.08. The van der Waals surface area contributed by atoms with E-state index < -0.39 is 17.4 Å². The minimum Gasteiger partial charge on any atom is -0.391 e. The number of likely N-dealkylation sites (tertiary alicyclic amines) is 1. The molecule has 18 heavy (non-hydrogen) atoms. The molecule has 7 heteroatoms. The van der Waals surface area contributed by atoms with Crippen molar-refractivity contribution in [3.8, 4) is 0 Å². The van der Waals surface area contributed by atoms with E-state index >= 15 is 0 Å². The molecule has 0 radical (unpaired) electrons. The Kier molecular flexibility index (Phi) is 3.33. The van der Waals surface area contributed by atoms with E-state index in [9.17, 15) is 19.5 Å². The van der Waals surface area contributed by atoms with Crippen molar-refractivity contribution in [3.05, 3.63) is 33.1 Å². The Balaban J connectivity index is 2.15. The normalized spacial score (nSPS) is 19.2. The number of amides is 1. The third-order valence-corrected chi connectivity index (χ3v) is 3.08. The fourth-order valence-corrected chi connectivity index (χ4v) is 1.95. The van der Waals surface area contributed by atoms with Gasteiger partial charge in [-0.1, -0.05) is 0 Å². The van der Waals surface area contributed by atoms with Gasteiger partial charge in [-0.15, -0.1) is 0 Å². The molecule has 1 unspecified atom stereocenters. The van der Waals surface area contributed by atoms with Gasteiger partial charge in [0.1, 0.15) is 6.54 Å². The zero-order chi connectivity index (χ0) is 13.3. The first kappa shape index (κ1) is 12.6. The zero-order valence-electron chi connectivity index (χ0n) is 10.1. The number of nitrogens with zero attached hydrogens (tertiary/aromatic N) is 3. The molecule has 2 heterocycles. The highest BCUT2D eigenvalue weighted by molar-refractivity contribution is 5.76. The fourth-order valence-electron chi connectivity index (χ4n) is 1.95. The van der Waals surface area contributed by atoms with Crippen LogP contribution >= 0.6 is 0 Å². The van der Waals surface area contributed by atoms with E-state index in [1.54, 1.807) is 0 Å². The Bertz CT molecular complexity index is 574. The van der Waals surface area contributed by atoms with Crippen molar-refractivity contribution >= 4 is 5.91 Å². The van der Waals surface area contributed by atoms with Crippen LogP contribution in [0.4, 0.5) is 0 Å². The molecule has 1 amide bonds. The van der Waals surface area contributed by atoms with Gasteiger partial charge in [-0.05, 0) is 6.42 Å². The predicted octanol–water partition coefficient (Wildman–Crippen LogP) is -1.86. The summed E-state index contributed by atoms with van der Waals surface area (Å²) in [6, 6.07) is 1.24. The molecule has 1 aliphatic rings. The van der Waals surface area contributed by atoms with Crippen LogP contribution in [0.1, 0.15) is 6.42 Å². The van der Waals surface area contributed by atoms with Gasteiger partial charge in [-0.3, -0.25) is 18.7 Å². The summed E-state index contributed by atoms with van der Waals surface area (Å²) in [4.78, 5) is 36.3. The number of rotatable bonds is 2. The molecule has 1 aromatic heterocycles. The topological polar surface area (TPSA) is 84.5 Å². The van der Waals surface area contributed by atoms with Crippen molar-refractivity contribution in [2.24, 2.45) is 7.05 Å². The van der Waals surface area contributed by atoms with Gasteiger partial charge in [-0.25, -0.2) is 4.79 Å². The van der Waals surface area contributed by atoms with Gasteiger partial charge in [0, 0.05) is 32.4 Å². The van der Waals surface area contributed by atoms with E-state index in [2.05, 4.69) is 0 Å². The fraction of sp³-hybridized carbons (Fsp3) is 0.545. The number of β-amino-alcohol motifs (C(OH)–C–C–N with tert-alkyl or cyclic N) is 1. The van der Waals surface area contributed by atoms with E-state index in [1.165, 1.54) is 28.8 Å². The summed E-state index contributed by atoms with van der Waals surface area (Å²) in [5, 5.41) is 9.34. The van der Waals surface area contributed by atoms with E-state index in [4.69, 9.17) is 0 Å². The van der Waals surface area contributed by atoms with Crippen molar-refractivity contribution in [3.63, 3.8) is 0 Å². The second kappa shape index (κ2) is 4.77. The Labute approximate surface area is 103 Å². The number of aromatic nitrogens is 2. The van der Waals surface area contributed by atoms with Gasteiger partial charge in [0.2, 0.25) is 5.91 Å². The predicted molar refractivity (Wildman–Crippen MR) is 63.1 cm³/mol. The average molecular weight is 253 g/mol. The SMILES string of the molecule is Cn1c(=O)ccn(CC(=O)N2CCC(O)C2)c1=O. The highest BCUT2D eigenvalue weighted by Crippen LogP contribution is 2.08. The summed E-state index contributed by atoms with van der Waals surface area (Å²) in [5.74, 6) is -0.229. The lowest BCUT2D eigenvalue weighted by molar-refractivity contribution is -0.131. The summed E-state index contributed by atoms with van der Waals surface area (Å²) < 4.78 is 2.14. The molecule has 1 atom stereocenters. The highest BCUT2D eigenvalue weighted by atomic mass is 16.3. The minimum absolute atomic E-state index is 0.111. The first-order valence-corrected chi connectivity index (χ1v) is 5.71. The average Bonchev–Trinajstić information content (AvgIpc) is 2.77. The van der Waals surface area contributed by atoms with Gasteiger partial charge >= 0.3 is 5.69 Å². The van der Waals surface area contributed by atoms with Gasteiger partial charge < -0.3 is 10.0 Å². The summed E-state index contributed by atoms with van der Waals surface area (Å²) in [5.41, 5.74) is -0.920. The molecule has 0 aromatic carbocycles. The van der Waals surface area contributed by atoms with Crippen LogP contribution in [0.15, 0.2) is 21.9 Å². The number of aliphatic hydroxyl groups excluding tert-OH is 1. The van der Waals surface area contributed by atoms with Crippen molar-refractivity contribution in [1.82, 2.24) is 14.0 Å². The molecule has 1 aliphatic heterocycles. The second-order valence-electron chi connectivity index (χ2n) is 4.41. The second-order valence-corrected chi connectivity index (χ2v) is 4.41. The van der Waals surface area contributed by atoms with Gasteiger partial charge in [-0.2, -0.15) is 0 Å². The number of hydrogen-bond donors (Lipinski definition) is 1. The number of hydrogen-bond acceptors (Lipinski definition) is 4. The lowest BCUT2D eigenvalue weighted by Gasteiger charge is -2.16.